The minimum Gasteiger partial charge on any atom is -0.464 e. The highest BCUT2D eigenvalue weighted by molar-refractivity contribution is 5.85. The Balaban J connectivity index is 1.43. The van der Waals surface area contributed by atoms with Crippen molar-refractivity contribution in [1.29, 1.82) is 0 Å². The molecule has 26 heavy (non-hydrogen) atoms. The molecule has 1 saturated carbocycles. The van der Waals surface area contributed by atoms with E-state index in [4.69, 9.17) is 4.42 Å². The van der Waals surface area contributed by atoms with Crippen LogP contribution in [0, 0.1) is 11.7 Å². The number of amides is 2. The maximum Gasteiger partial charge on any atom is 0.242 e. The van der Waals surface area contributed by atoms with Gasteiger partial charge in [-0.15, -0.1) is 0 Å². The lowest BCUT2D eigenvalue weighted by atomic mass is 10.1. The van der Waals surface area contributed by atoms with Crippen LogP contribution in [0.3, 0.4) is 0 Å². The topological polar surface area (TPSA) is 62.6 Å². The molecule has 6 heteroatoms. The van der Waals surface area contributed by atoms with Crippen molar-refractivity contribution in [3.8, 4) is 0 Å². The Bertz CT molecular complexity index is 802. The van der Waals surface area contributed by atoms with Crippen LogP contribution in [0.5, 0.6) is 0 Å². The number of furan rings is 1. The molecule has 1 aromatic heterocycles. The number of hydrogen-bond donors (Lipinski definition) is 1. The molecular formula is C20H23FN2O3. The minimum atomic E-state index is -0.385. The van der Waals surface area contributed by atoms with E-state index in [9.17, 15) is 14.0 Å². The first-order valence-electron chi connectivity index (χ1n) is 8.76. The van der Waals surface area contributed by atoms with Gasteiger partial charge in [-0.25, -0.2) is 4.39 Å². The van der Waals surface area contributed by atoms with Crippen LogP contribution in [-0.2, 0) is 22.6 Å². The summed E-state index contributed by atoms with van der Waals surface area (Å²) in [6, 6.07) is 9.73. The number of rotatable bonds is 7. The summed E-state index contributed by atoms with van der Waals surface area (Å²) in [5, 5.41) is 2.57. The molecule has 1 aromatic carbocycles. The SMILES string of the molecule is C[C@@H]1C[C@@H]1c1ccc(CN(C)C(=O)CNC(=O)Cc2cccc(F)c2)o1. The third-order valence-corrected chi connectivity index (χ3v) is 4.67. The summed E-state index contributed by atoms with van der Waals surface area (Å²) in [7, 11) is 1.67. The van der Waals surface area contributed by atoms with Gasteiger partial charge in [0, 0.05) is 13.0 Å². The van der Waals surface area contributed by atoms with E-state index in [2.05, 4.69) is 12.2 Å². The Kier molecular flexibility index (Phi) is 5.40. The van der Waals surface area contributed by atoms with Gasteiger partial charge in [-0.1, -0.05) is 19.1 Å². The smallest absolute Gasteiger partial charge is 0.242 e. The molecule has 0 unspecified atom stereocenters. The van der Waals surface area contributed by atoms with Crippen molar-refractivity contribution < 1.29 is 18.4 Å². The number of carbonyl (C=O) groups excluding carboxylic acids is 2. The van der Waals surface area contributed by atoms with E-state index < -0.39 is 0 Å². The van der Waals surface area contributed by atoms with Crippen molar-refractivity contribution in [2.45, 2.75) is 32.2 Å². The molecule has 5 nitrogen and oxygen atoms in total. The van der Waals surface area contributed by atoms with Crippen LogP contribution in [0.4, 0.5) is 4.39 Å². The van der Waals surface area contributed by atoms with Gasteiger partial charge in [0.25, 0.3) is 0 Å². The largest absolute Gasteiger partial charge is 0.464 e. The zero-order valence-corrected chi connectivity index (χ0v) is 15.0. The molecular weight excluding hydrogens is 335 g/mol. The molecule has 1 aliphatic rings. The molecule has 0 radical (unpaired) electrons. The summed E-state index contributed by atoms with van der Waals surface area (Å²) in [6.45, 7) is 2.45. The Hall–Kier alpha value is -2.63. The van der Waals surface area contributed by atoms with E-state index in [1.54, 1.807) is 19.2 Å². The van der Waals surface area contributed by atoms with E-state index in [1.165, 1.54) is 17.0 Å². The fourth-order valence-corrected chi connectivity index (χ4v) is 2.92. The van der Waals surface area contributed by atoms with Gasteiger partial charge in [0.05, 0.1) is 19.5 Å². The van der Waals surface area contributed by atoms with Gasteiger partial charge in [0.15, 0.2) is 0 Å². The van der Waals surface area contributed by atoms with Crippen molar-refractivity contribution >= 4 is 11.8 Å². The van der Waals surface area contributed by atoms with E-state index in [0.717, 1.165) is 17.9 Å². The summed E-state index contributed by atoms with van der Waals surface area (Å²) in [6.07, 6.45) is 1.19. The molecule has 1 fully saturated rings. The lowest BCUT2D eigenvalue weighted by molar-refractivity contribution is -0.132. The van der Waals surface area contributed by atoms with Gasteiger partial charge >= 0.3 is 0 Å². The van der Waals surface area contributed by atoms with Crippen molar-refractivity contribution in [3.63, 3.8) is 0 Å². The summed E-state index contributed by atoms with van der Waals surface area (Å²) < 4.78 is 18.9. The minimum absolute atomic E-state index is 0.0376. The monoisotopic (exact) mass is 358 g/mol. The van der Waals surface area contributed by atoms with Crippen LogP contribution in [0.1, 0.15) is 36.3 Å². The van der Waals surface area contributed by atoms with Gasteiger partial charge in [0.2, 0.25) is 11.8 Å². The highest BCUT2D eigenvalue weighted by atomic mass is 19.1. The number of nitrogens with zero attached hydrogens (tertiary/aromatic N) is 1. The molecule has 1 aliphatic carbocycles. The van der Waals surface area contributed by atoms with E-state index in [0.29, 0.717) is 23.9 Å². The van der Waals surface area contributed by atoms with Crippen molar-refractivity contribution in [1.82, 2.24) is 10.2 Å². The Morgan fingerprint density at radius 3 is 2.77 bits per heavy atom. The first kappa shape index (κ1) is 18.2. The maximum absolute atomic E-state index is 13.1. The number of halogens is 1. The molecule has 2 amide bonds. The first-order chi connectivity index (χ1) is 12.4. The van der Waals surface area contributed by atoms with E-state index in [-0.39, 0.29) is 30.6 Å². The highest BCUT2D eigenvalue weighted by Gasteiger charge is 2.36. The lowest BCUT2D eigenvalue weighted by Gasteiger charge is -2.16. The number of likely N-dealkylation sites (N-methyl/N-ethyl adjacent to an activating group) is 1. The zero-order chi connectivity index (χ0) is 18.7. The van der Waals surface area contributed by atoms with Crippen LogP contribution in [0.25, 0.3) is 0 Å². The van der Waals surface area contributed by atoms with Crippen LogP contribution >= 0.6 is 0 Å². The fraction of sp³-hybridized carbons (Fsp3) is 0.400. The van der Waals surface area contributed by atoms with Gasteiger partial charge in [0.1, 0.15) is 17.3 Å². The van der Waals surface area contributed by atoms with Gasteiger partial charge in [-0.3, -0.25) is 9.59 Å². The van der Waals surface area contributed by atoms with E-state index in [1.807, 2.05) is 12.1 Å². The second-order valence-corrected chi connectivity index (χ2v) is 6.96. The summed E-state index contributed by atoms with van der Waals surface area (Å²) in [4.78, 5) is 25.6. The summed E-state index contributed by atoms with van der Waals surface area (Å²) in [5.41, 5.74) is 0.570. The van der Waals surface area contributed by atoms with Gasteiger partial charge in [-0.2, -0.15) is 0 Å². The molecule has 2 atom stereocenters. The average Bonchev–Trinajstić information content (AvgIpc) is 3.14. The maximum atomic E-state index is 13.1. The van der Waals surface area contributed by atoms with Crippen molar-refractivity contribution in [2.75, 3.05) is 13.6 Å². The Labute approximate surface area is 152 Å². The lowest BCUT2D eigenvalue weighted by Crippen LogP contribution is -2.38. The van der Waals surface area contributed by atoms with Crippen LogP contribution in [0.2, 0.25) is 0 Å². The quantitative estimate of drug-likeness (QED) is 0.828. The predicted octanol–water partition coefficient (Wildman–Crippen LogP) is 2.86. The normalized spacial score (nSPS) is 18.4. The number of carbonyl (C=O) groups is 2. The molecule has 3 rings (SSSR count). The second-order valence-electron chi connectivity index (χ2n) is 6.96. The van der Waals surface area contributed by atoms with E-state index >= 15 is 0 Å². The zero-order valence-electron chi connectivity index (χ0n) is 15.0. The third-order valence-electron chi connectivity index (χ3n) is 4.67. The first-order valence-corrected chi connectivity index (χ1v) is 8.76. The number of nitrogens with one attached hydrogen (secondary N) is 1. The molecule has 1 heterocycles. The van der Waals surface area contributed by atoms with Crippen molar-refractivity contribution in [2.24, 2.45) is 5.92 Å². The fourth-order valence-electron chi connectivity index (χ4n) is 2.92. The molecule has 0 aliphatic heterocycles. The molecule has 0 saturated heterocycles. The molecule has 1 N–H and O–H groups in total. The third kappa shape index (κ3) is 4.71. The summed E-state index contributed by atoms with van der Waals surface area (Å²) in [5.74, 6) is 1.98. The highest BCUT2D eigenvalue weighted by Crippen LogP contribution is 2.47. The molecule has 138 valence electrons. The van der Waals surface area contributed by atoms with Gasteiger partial charge in [-0.05, 0) is 42.2 Å². The number of benzene rings is 1. The Morgan fingerprint density at radius 1 is 1.31 bits per heavy atom. The standard InChI is InChI=1S/C20H23FN2O3/c1-13-8-17(13)18-7-6-16(26-18)12-23(2)20(25)11-22-19(24)10-14-4-3-5-15(21)9-14/h3-7,9,13,17H,8,10-12H2,1-2H3,(H,22,24)/t13-,17+/m1/s1. The molecule has 2 aromatic rings. The predicted molar refractivity (Wildman–Crippen MR) is 94.8 cm³/mol. The number of hydrogen-bond acceptors (Lipinski definition) is 3. The van der Waals surface area contributed by atoms with Crippen LogP contribution in [-0.4, -0.2) is 30.3 Å². The molecule has 0 spiro atoms. The summed E-state index contributed by atoms with van der Waals surface area (Å²) >= 11 is 0. The average molecular weight is 358 g/mol. The van der Waals surface area contributed by atoms with Crippen molar-refractivity contribution in [3.05, 3.63) is 59.3 Å². The van der Waals surface area contributed by atoms with Gasteiger partial charge < -0.3 is 14.6 Å². The van der Waals surface area contributed by atoms with Crippen LogP contribution in [0.15, 0.2) is 40.8 Å². The Morgan fingerprint density at radius 2 is 2.08 bits per heavy atom. The second kappa shape index (κ2) is 7.72. The van der Waals surface area contributed by atoms with Crippen LogP contribution < -0.4 is 5.32 Å². The molecule has 0 bridgehead atoms.